The Morgan fingerprint density at radius 1 is 0.455 bits per heavy atom. The van der Waals surface area contributed by atoms with Crippen LogP contribution < -0.4 is 0 Å². The molecule has 66 heavy (non-hydrogen) atoms. The van der Waals surface area contributed by atoms with Gasteiger partial charge in [-0.15, -0.1) is 0 Å². The maximum atomic E-state index is 9.93. The Labute approximate surface area is 382 Å². The van der Waals surface area contributed by atoms with Gasteiger partial charge in [-0.1, -0.05) is 99.6 Å². The van der Waals surface area contributed by atoms with Gasteiger partial charge in [-0.2, -0.15) is 5.26 Å². The van der Waals surface area contributed by atoms with Crippen LogP contribution in [0.5, 0.6) is 0 Å². The minimum Gasteiger partial charge on any atom is -0.309 e. The fraction of sp³-hybridized carbons (Fsp3) is 0.0656. The van der Waals surface area contributed by atoms with Crippen molar-refractivity contribution in [2.24, 2.45) is 0 Å². The van der Waals surface area contributed by atoms with Crippen molar-refractivity contribution in [1.82, 2.24) is 14.1 Å². The number of nitriles is 1. The predicted octanol–water partition coefficient (Wildman–Crippen LogP) is 16.3. The summed E-state index contributed by atoms with van der Waals surface area (Å²) in [6, 6.07) is 67.0. The van der Waals surface area contributed by atoms with E-state index in [0.717, 1.165) is 82.8 Å². The summed E-state index contributed by atoms with van der Waals surface area (Å²) in [5.41, 5.74) is 15.7. The summed E-state index contributed by atoms with van der Waals surface area (Å²) in [5, 5.41) is 19.1. The van der Waals surface area contributed by atoms with E-state index in [4.69, 9.17) is 6.57 Å². The molecule has 0 radical (unpaired) electrons. The topological polar surface area (TPSA) is 50.9 Å². The minimum atomic E-state index is -0.201. The zero-order valence-corrected chi connectivity index (χ0v) is 36.7. The SMILES string of the molecule is [C-]#[N+]c1ccc2c(c1)c1cc(-c3ccc4c(C(C)(C)C)c5cc(-c6ccc7c(c6)c6cc(C#N)ccc6n7-c6ccccc6)ccc5c(-c5ccncc5)c4c3)ccc1n2-c1ccccc1. The fourth-order valence-corrected chi connectivity index (χ4v) is 10.5. The molecule has 0 saturated carbocycles. The third-order valence-electron chi connectivity index (χ3n) is 13.3. The molecule has 9 aromatic carbocycles. The van der Waals surface area contributed by atoms with Crippen molar-refractivity contribution in [2.75, 3.05) is 0 Å². The molecule has 3 aromatic heterocycles. The van der Waals surface area contributed by atoms with Crippen LogP contribution in [0.2, 0.25) is 0 Å². The number of fused-ring (bicyclic) bond motifs is 8. The number of aromatic nitrogens is 3. The largest absolute Gasteiger partial charge is 0.309 e. The highest BCUT2D eigenvalue weighted by molar-refractivity contribution is 6.18. The molecule has 0 saturated heterocycles. The molecule has 0 atom stereocenters. The molecule has 12 rings (SSSR count). The molecule has 0 aliphatic rings. The second kappa shape index (κ2) is 14.9. The van der Waals surface area contributed by atoms with Crippen LogP contribution in [0.15, 0.2) is 194 Å². The van der Waals surface area contributed by atoms with E-state index in [0.29, 0.717) is 11.3 Å². The molecule has 5 heteroatoms. The van der Waals surface area contributed by atoms with Gasteiger partial charge in [0.1, 0.15) is 0 Å². The van der Waals surface area contributed by atoms with E-state index < -0.39 is 0 Å². The third kappa shape index (κ3) is 6.10. The summed E-state index contributed by atoms with van der Waals surface area (Å²) >= 11 is 0. The maximum Gasteiger partial charge on any atom is 0.188 e. The second-order valence-electron chi connectivity index (χ2n) is 18.2. The van der Waals surface area contributed by atoms with Gasteiger partial charge in [0.2, 0.25) is 0 Å². The van der Waals surface area contributed by atoms with Gasteiger partial charge < -0.3 is 9.13 Å². The van der Waals surface area contributed by atoms with Crippen LogP contribution in [0.25, 0.3) is 115 Å². The lowest BCUT2D eigenvalue weighted by molar-refractivity contribution is 0.601. The Bertz CT molecular complexity index is 4030. The van der Waals surface area contributed by atoms with Crippen LogP contribution in [0.3, 0.4) is 0 Å². The minimum absolute atomic E-state index is 0.201. The third-order valence-corrected chi connectivity index (χ3v) is 13.3. The van der Waals surface area contributed by atoms with Crippen LogP contribution in [-0.2, 0) is 5.41 Å². The van der Waals surface area contributed by atoms with Gasteiger partial charge in [-0.3, -0.25) is 4.98 Å². The molecular formula is C61H41N5. The smallest absolute Gasteiger partial charge is 0.188 e. The van der Waals surface area contributed by atoms with E-state index in [2.05, 4.69) is 191 Å². The summed E-state index contributed by atoms with van der Waals surface area (Å²) in [5.74, 6) is 0. The molecule has 3 heterocycles. The Morgan fingerprint density at radius 2 is 0.924 bits per heavy atom. The molecule has 0 aliphatic carbocycles. The van der Waals surface area contributed by atoms with Crippen LogP contribution in [0.1, 0.15) is 31.9 Å². The Kier molecular flexibility index (Phi) is 8.79. The van der Waals surface area contributed by atoms with Gasteiger partial charge in [-0.25, -0.2) is 4.85 Å². The molecule has 5 nitrogen and oxygen atoms in total. The normalized spacial score (nSPS) is 11.8. The predicted molar refractivity (Wildman–Crippen MR) is 274 cm³/mol. The number of hydrogen-bond acceptors (Lipinski definition) is 2. The van der Waals surface area contributed by atoms with Crippen molar-refractivity contribution < 1.29 is 0 Å². The number of benzene rings is 9. The zero-order chi connectivity index (χ0) is 44.7. The second-order valence-corrected chi connectivity index (χ2v) is 18.2. The van der Waals surface area contributed by atoms with Gasteiger partial charge >= 0.3 is 0 Å². The van der Waals surface area contributed by atoms with E-state index in [1.54, 1.807) is 0 Å². The number of hydrogen-bond donors (Lipinski definition) is 0. The monoisotopic (exact) mass is 843 g/mol. The number of rotatable bonds is 5. The van der Waals surface area contributed by atoms with Crippen molar-refractivity contribution in [3.8, 4) is 50.8 Å². The van der Waals surface area contributed by atoms with Gasteiger partial charge in [0.25, 0.3) is 0 Å². The highest BCUT2D eigenvalue weighted by Crippen LogP contribution is 2.47. The van der Waals surface area contributed by atoms with Crippen molar-refractivity contribution in [2.45, 2.75) is 26.2 Å². The molecule has 0 unspecified atom stereocenters. The number of para-hydroxylation sites is 2. The molecule has 310 valence electrons. The van der Waals surface area contributed by atoms with Crippen molar-refractivity contribution in [3.05, 3.63) is 217 Å². The first-order valence-electron chi connectivity index (χ1n) is 22.3. The molecule has 12 aromatic rings. The van der Waals surface area contributed by atoms with Gasteiger partial charge in [-0.05, 0) is 174 Å². The lowest BCUT2D eigenvalue weighted by Gasteiger charge is -2.27. The van der Waals surface area contributed by atoms with E-state index in [9.17, 15) is 5.26 Å². The maximum absolute atomic E-state index is 9.93. The molecule has 0 N–H and O–H groups in total. The summed E-state index contributed by atoms with van der Waals surface area (Å²) in [6.45, 7) is 14.8. The summed E-state index contributed by atoms with van der Waals surface area (Å²) < 4.78 is 4.59. The molecular weight excluding hydrogens is 803 g/mol. The fourth-order valence-electron chi connectivity index (χ4n) is 10.5. The van der Waals surface area contributed by atoms with E-state index in [1.165, 1.54) is 32.7 Å². The lowest BCUT2D eigenvalue weighted by atomic mass is 9.77. The Balaban J connectivity index is 1.08. The van der Waals surface area contributed by atoms with Crippen molar-refractivity contribution in [1.29, 1.82) is 5.26 Å². The average Bonchev–Trinajstić information content (AvgIpc) is 3.86. The standard InChI is InChI=1S/C61H41N5/c1-61(2,3)60-48-22-17-40(42-18-25-57-51(33-42)52-36-44(63-4)20-26-58(52)66(57)46-13-9-6-10-14-46)34-53(48)59(39-27-29-64-30-28-39)47-21-16-41(35-54(47)60)43-19-24-56-50(32-43)49-31-38(37-62)15-23-55(49)65(56)45-11-7-5-8-12-45/h5-36H,1-3H3. The van der Waals surface area contributed by atoms with Gasteiger partial charge in [0.15, 0.2) is 5.69 Å². The van der Waals surface area contributed by atoms with Crippen LogP contribution in [0.4, 0.5) is 5.69 Å². The number of nitrogens with zero attached hydrogens (tertiary/aromatic N) is 5. The van der Waals surface area contributed by atoms with Gasteiger partial charge in [0.05, 0.1) is 40.3 Å². The Hall–Kier alpha value is -8.77. The van der Waals surface area contributed by atoms with Gasteiger partial charge in [0, 0.05) is 39.9 Å². The molecule has 0 amide bonds. The summed E-state index contributed by atoms with van der Waals surface area (Å²) in [4.78, 5) is 8.24. The van der Waals surface area contributed by atoms with E-state index in [-0.39, 0.29) is 5.41 Å². The summed E-state index contributed by atoms with van der Waals surface area (Å²) in [7, 11) is 0. The van der Waals surface area contributed by atoms with Crippen molar-refractivity contribution in [3.63, 3.8) is 0 Å². The van der Waals surface area contributed by atoms with Crippen LogP contribution in [-0.4, -0.2) is 14.1 Å². The quantitative estimate of drug-likeness (QED) is 0.128. The van der Waals surface area contributed by atoms with E-state index in [1.807, 2.05) is 48.8 Å². The highest BCUT2D eigenvalue weighted by Gasteiger charge is 2.25. The van der Waals surface area contributed by atoms with Crippen LogP contribution in [0, 0.1) is 17.9 Å². The molecule has 0 bridgehead atoms. The molecule has 0 aliphatic heterocycles. The first kappa shape index (κ1) is 38.9. The molecule has 0 spiro atoms. The number of pyridine rings is 1. The first-order chi connectivity index (χ1) is 32.3. The lowest BCUT2D eigenvalue weighted by Crippen LogP contribution is -2.13. The highest BCUT2D eigenvalue weighted by atomic mass is 15.0. The Morgan fingerprint density at radius 3 is 1.47 bits per heavy atom. The average molecular weight is 844 g/mol. The zero-order valence-electron chi connectivity index (χ0n) is 36.7. The van der Waals surface area contributed by atoms with E-state index >= 15 is 0 Å². The molecule has 0 fully saturated rings. The van der Waals surface area contributed by atoms with Crippen LogP contribution >= 0.6 is 0 Å². The van der Waals surface area contributed by atoms with Crippen molar-refractivity contribution >= 4 is 70.8 Å². The summed E-state index contributed by atoms with van der Waals surface area (Å²) in [6.07, 6.45) is 3.77. The first-order valence-corrected chi connectivity index (χ1v) is 22.3.